The van der Waals surface area contributed by atoms with E-state index >= 15 is 0 Å². The van der Waals surface area contributed by atoms with Crippen molar-refractivity contribution in [3.8, 4) is 22.6 Å². The van der Waals surface area contributed by atoms with Crippen LogP contribution in [0.4, 0.5) is 17.1 Å². The van der Waals surface area contributed by atoms with E-state index < -0.39 is 0 Å². The molecule has 7 aromatic carbocycles. The maximum absolute atomic E-state index is 6.38. The number of anilines is 3. The molecule has 3 heterocycles. The van der Waals surface area contributed by atoms with Gasteiger partial charge in [-0.05, 0) is 90.0 Å². The summed E-state index contributed by atoms with van der Waals surface area (Å²) in [5.41, 5.74) is 9.66. The molecule has 226 valence electrons. The lowest BCUT2D eigenvalue weighted by molar-refractivity contribution is 0.622. The van der Waals surface area contributed by atoms with E-state index in [1.807, 2.05) is 53.8 Å². The highest BCUT2D eigenvalue weighted by atomic mass is 32.1. The minimum absolute atomic E-state index is 0.609. The molecule has 0 bridgehead atoms. The quantitative estimate of drug-likeness (QED) is 0.189. The van der Waals surface area contributed by atoms with Crippen molar-refractivity contribution in [2.45, 2.75) is 0 Å². The number of furan rings is 1. The fraction of sp³-hybridized carbons (Fsp3) is 0. The predicted octanol–water partition coefficient (Wildman–Crippen LogP) is 12.9. The van der Waals surface area contributed by atoms with Gasteiger partial charge in [-0.15, -0.1) is 11.3 Å². The number of benzene rings is 7. The third-order valence-electron chi connectivity index (χ3n) is 9.10. The third kappa shape index (κ3) is 4.33. The molecule has 5 heteroatoms. The van der Waals surface area contributed by atoms with Gasteiger partial charge < -0.3 is 13.7 Å². The molecule has 10 aromatic rings. The van der Waals surface area contributed by atoms with E-state index in [2.05, 4.69) is 120 Å². The molecule has 48 heavy (non-hydrogen) atoms. The molecule has 0 N–H and O–H groups in total. The second-order valence-corrected chi connectivity index (χ2v) is 13.1. The fourth-order valence-electron chi connectivity index (χ4n) is 6.81. The van der Waals surface area contributed by atoms with E-state index in [0.717, 1.165) is 66.8 Å². The number of thiophene rings is 1. The summed E-state index contributed by atoms with van der Waals surface area (Å²) in [5.74, 6) is 0.609. The topological polar surface area (TPSA) is 42.4 Å². The van der Waals surface area contributed by atoms with E-state index in [4.69, 9.17) is 13.8 Å². The lowest BCUT2D eigenvalue weighted by Crippen LogP contribution is -2.09. The molecular formula is C43H26N2O2S. The van der Waals surface area contributed by atoms with Gasteiger partial charge in [-0.3, -0.25) is 0 Å². The van der Waals surface area contributed by atoms with Crippen LogP contribution in [0.3, 0.4) is 0 Å². The van der Waals surface area contributed by atoms with Crippen LogP contribution in [0.25, 0.3) is 75.8 Å². The lowest BCUT2D eigenvalue weighted by atomic mass is 10.0. The second kappa shape index (κ2) is 10.7. The smallest absolute Gasteiger partial charge is 0.227 e. The first-order valence-corrected chi connectivity index (χ1v) is 16.8. The molecular weight excluding hydrogens is 609 g/mol. The Hall–Kier alpha value is -6.17. The molecule has 0 atom stereocenters. The largest absolute Gasteiger partial charge is 0.456 e. The number of para-hydroxylation sites is 1. The molecule has 0 aliphatic rings. The van der Waals surface area contributed by atoms with Crippen LogP contribution in [0.15, 0.2) is 167 Å². The van der Waals surface area contributed by atoms with Gasteiger partial charge in [-0.25, -0.2) is 4.98 Å². The van der Waals surface area contributed by atoms with Gasteiger partial charge in [-0.2, -0.15) is 0 Å². The zero-order valence-corrected chi connectivity index (χ0v) is 26.4. The van der Waals surface area contributed by atoms with Crippen molar-refractivity contribution >= 4 is 81.6 Å². The van der Waals surface area contributed by atoms with Crippen LogP contribution in [0.2, 0.25) is 0 Å². The minimum atomic E-state index is 0.609. The SMILES string of the molecule is c1ccc(-c2nc3ccc4oc5cc(-c6ccc(N(c7ccccc7)c7ccc8c(c7)sc7ccccc78)cc6)ccc5c4c3o2)cc1. The molecule has 4 nitrogen and oxygen atoms in total. The fourth-order valence-corrected chi connectivity index (χ4v) is 7.95. The summed E-state index contributed by atoms with van der Waals surface area (Å²) in [4.78, 5) is 7.09. The number of hydrogen-bond donors (Lipinski definition) is 0. The highest BCUT2D eigenvalue weighted by Crippen LogP contribution is 2.42. The van der Waals surface area contributed by atoms with E-state index in [1.165, 1.54) is 20.2 Å². The maximum atomic E-state index is 6.38. The van der Waals surface area contributed by atoms with Crippen LogP contribution in [-0.4, -0.2) is 4.98 Å². The Morgan fingerprint density at radius 1 is 0.458 bits per heavy atom. The van der Waals surface area contributed by atoms with E-state index in [-0.39, 0.29) is 0 Å². The maximum Gasteiger partial charge on any atom is 0.227 e. The second-order valence-electron chi connectivity index (χ2n) is 12.0. The third-order valence-corrected chi connectivity index (χ3v) is 10.2. The van der Waals surface area contributed by atoms with Crippen molar-refractivity contribution in [1.82, 2.24) is 4.98 Å². The molecule has 0 aliphatic carbocycles. The van der Waals surface area contributed by atoms with E-state index in [1.54, 1.807) is 0 Å². The molecule has 3 aromatic heterocycles. The van der Waals surface area contributed by atoms with Gasteiger partial charge >= 0.3 is 0 Å². The lowest BCUT2D eigenvalue weighted by Gasteiger charge is -2.25. The number of hydrogen-bond acceptors (Lipinski definition) is 5. The van der Waals surface area contributed by atoms with Crippen molar-refractivity contribution in [1.29, 1.82) is 0 Å². The van der Waals surface area contributed by atoms with Crippen LogP contribution in [0, 0.1) is 0 Å². The highest BCUT2D eigenvalue weighted by Gasteiger charge is 2.18. The highest BCUT2D eigenvalue weighted by molar-refractivity contribution is 7.25. The zero-order chi connectivity index (χ0) is 31.6. The van der Waals surface area contributed by atoms with E-state index in [0.29, 0.717) is 5.89 Å². The number of aromatic nitrogens is 1. The average molecular weight is 635 g/mol. The number of nitrogens with zero attached hydrogens (tertiary/aromatic N) is 2. The van der Waals surface area contributed by atoms with Crippen LogP contribution in [0.1, 0.15) is 0 Å². The summed E-state index contributed by atoms with van der Waals surface area (Å²) < 4.78 is 15.3. The Bertz CT molecular complexity index is 2780. The molecule has 0 amide bonds. The molecule has 0 fully saturated rings. The molecule has 0 aliphatic heterocycles. The first-order valence-electron chi connectivity index (χ1n) is 15.9. The summed E-state index contributed by atoms with van der Waals surface area (Å²) in [6.45, 7) is 0. The van der Waals surface area contributed by atoms with Crippen LogP contribution in [-0.2, 0) is 0 Å². The van der Waals surface area contributed by atoms with Crippen molar-refractivity contribution in [2.24, 2.45) is 0 Å². The predicted molar refractivity (Wildman–Crippen MR) is 200 cm³/mol. The average Bonchev–Trinajstić information content (AvgIpc) is 3.85. The van der Waals surface area contributed by atoms with Gasteiger partial charge in [0.2, 0.25) is 5.89 Å². The summed E-state index contributed by atoms with van der Waals surface area (Å²) >= 11 is 1.84. The van der Waals surface area contributed by atoms with Crippen LogP contribution < -0.4 is 4.90 Å². The summed E-state index contributed by atoms with van der Waals surface area (Å²) in [7, 11) is 0. The Labute approximate surface area is 279 Å². The Balaban J connectivity index is 1.03. The van der Waals surface area contributed by atoms with Crippen molar-refractivity contribution in [3.05, 3.63) is 158 Å². The molecule has 10 rings (SSSR count). The Morgan fingerprint density at radius 3 is 2.00 bits per heavy atom. The van der Waals surface area contributed by atoms with Gasteiger partial charge in [0.25, 0.3) is 0 Å². The van der Waals surface area contributed by atoms with Gasteiger partial charge in [-0.1, -0.05) is 78.9 Å². The summed E-state index contributed by atoms with van der Waals surface area (Å²) in [6.07, 6.45) is 0. The Morgan fingerprint density at radius 2 is 1.15 bits per heavy atom. The first-order chi connectivity index (χ1) is 23.8. The van der Waals surface area contributed by atoms with Crippen molar-refractivity contribution in [2.75, 3.05) is 4.90 Å². The van der Waals surface area contributed by atoms with E-state index in [9.17, 15) is 0 Å². The number of oxazole rings is 1. The minimum Gasteiger partial charge on any atom is -0.456 e. The molecule has 0 radical (unpaired) electrons. The van der Waals surface area contributed by atoms with Gasteiger partial charge in [0.1, 0.15) is 16.7 Å². The summed E-state index contributed by atoms with van der Waals surface area (Å²) in [6, 6.07) is 55.1. The molecule has 0 saturated heterocycles. The van der Waals surface area contributed by atoms with Gasteiger partial charge in [0, 0.05) is 48.2 Å². The van der Waals surface area contributed by atoms with Crippen molar-refractivity contribution < 1.29 is 8.83 Å². The molecule has 0 unspecified atom stereocenters. The normalized spacial score (nSPS) is 11.8. The van der Waals surface area contributed by atoms with Gasteiger partial charge in [0.15, 0.2) is 5.58 Å². The van der Waals surface area contributed by atoms with Gasteiger partial charge in [0.05, 0.1) is 5.39 Å². The van der Waals surface area contributed by atoms with Crippen LogP contribution in [0.5, 0.6) is 0 Å². The Kier molecular flexibility index (Phi) is 6.01. The molecule has 0 saturated carbocycles. The summed E-state index contributed by atoms with van der Waals surface area (Å²) in [5, 5.41) is 4.57. The van der Waals surface area contributed by atoms with Crippen molar-refractivity contribution in [3.63, 3.8) is 0 Å². The number of fused-ring (bicyclic) bond motifs is 8. The standard InChI is InChI=1S/C43H26N2O2S/c1-3-9-28(10-4-1)43-44-36-23-24-37-41(42(36)47-43)35-21-17-29(25-38(35)46-37)27-15-18-31(19-16-27)45(30-11-5-2-6-12-30)32-20-22-34-33-13-7-8-14-39(33)48-40(34)26-32/h1-26H. The molecule has 0 spiro atoms. The number of rotatable bonds is 5. The monoisotopic (exact) mass is 634 g/mol. The van der Waals surface area contributed by atoms with Crippen LogP contribution >= 0.6 is 11.3 Å². The zero-order valence-electron chi connectivity index (χ0n) is 25.6. The first kappa shape index (κ1) is 27.0.